The van der Waals surface area contributed by atoms with Gasteiger partial charge >= 0.3 is 0 Å². The predicted octanol–water partition coefficient (Wildman–Crippen LogP) is 1.58. The van der Waals surface area contributed by atoms with Crippen molar-refractivity contribution in [2.24, 2.45) is 0 Å². The molecule has 106 valence electrons. The van der Waals surface area contributed by atoms with Crippen LogP contribution in [0.5, 0.6) is 5.75 Å². The molecule has 0 bridgehead atoms. The molecule has 0 heterocycles. The van der Waals surface area contributed by atoms with Crippen molar-refractivity contribution in [2.45, 2.75) is 25.9 Å². The Morgan fingerprint density at radius 2 is 1.95 bits per heavy atom. The maximum Gasteiger partial charge on any atom is 0.223 e. The highest BCUT2D eigenvalue weighted by atomic mass is 16.5. The molecule has 1 amide bonds. The number of amides is 1. The number of carbonyl (C=O) groups is 1. The highest BCUT2D eigenvalue weighted by molar-refractivity contribution is 5.76. The monoisotopic (exact) mass is 266 g/mol. The SMILES string of the molecule is COC(C)(C)CNC(=O)CCOc1ccc(N)cc1. The van der Waals surface area contributed by atoms with Crippen LogP contribution in [0.2, 0.25) is 0 Å². The van der Waals surface area contributed by atoms with Gasteiger partial charge in [-0.25, -0.2) is 0 Å². The van der Waals surface area contributed by atoms with Crippen LogP contribution in [0, 0.1) is 0 Å². The van der Waals surface area contributed by atoms with Crippen molar-refractivity contribution >= 4 is 11.6 Å². The summed E-state index contributed by atoms with van der Waals surface area (Å²) in [4.78, 5) is 11.6. The van der Waals surface area contributed by atoms with Gasteiger partial charge < -0.3 is 20.5 Å². The highest BCUT2D eigenvalue weighted by Crippen LogP contribution is 2.13. The number of ether oxygens (including phenoxy) is 2. The zero-order chi connectivity index (χ0) is 14.3. The van der Waals surface area contributed by atoms with E-state index in [0.717, 1.165) is 0 Å². The fraction of sp³-hybridized carbons (Fsp3) is 0.500. The Morgan fingerprint density at radius 1 is 1.32 bits per heavy atom. The Hall–Kier alpha value is -1.75. The number of hydrogen-bond donors (Lipinski definition) is 2. The van der Waals surface area contributed by atoms with Crippen LogP contribution >= 0.6 is 0 Å². The quantitative estimate of drug-likeness (QED) is 0.735. The molecule has 0 aliphatic heterocycles. The summed E-state index contributed by atoms with van der Waals surface area (Å²) >= 11 is 0. The normalized spacial score (nSPS) is 11.1. The molecule has 1 aromatic carbocycles. The molecule has 1 rings (SSSR count). The summed E-state index contributed by atoms with van der Waals surface area (Å²) < 4.78 is 10.7. The summed E-state index contributed by atoms with van der Waals surface area (Å²) in [6.45, 7) is 4.64. The third-order valence-electron chi connectivity index (χ3n) is 2.74. The molecular weight excluding hydrogens is 244 g/mol. The lowest BCUT2D eigenvalue weighted by atomic mass is 10.1. The van der Waals surface area contributed by atoms with Crippen LogP contribution in [0.25, 0.3) is 0 Å². The van der Waals surface area contributed by atoms with E-state index in [-0.39, 0.29) is 11.5 Å². The maximum atomic E-state index is 11.6. The number of anilines is 1. The van der Waals surface area contributed by atoms with Crippen LogP contribution < -0.4 is 15.8 Å². The van der Waals surface area contributed by atoms with Crippen LogP contribution in [-0.4, -0.2) is 31.8 Å². The second-order valence-electron chi connectivity index (χ2n) is 4.91. The number of rotatable bonds is 7. The topological polar surface area (TPSA) is 73.6 Å². The fourth-order valence-corrected chi connectivity index (χ4v) is 1.30. The maximum absolute atomic E-state index is 11.6. The van der Waals surface area contributed by atoms with Crippen molar-refractivity contribution in [3.8, 4) is 5.75 Å². The van der Waals surface area contributed by atoms with Crippen LogP contribution in [0.4, 0.5) is 5.69 Å². The average molecular weight is 266 g/mol. The second kappa shape index (κ2) is 6.99. The minimum Gasteiger partial charge on any atom is -0.493 e. The molecule has 0 atom stereocenters. The van der Waals surface area contributed by atoms with Gasteiger partial charge in [0.25, 0.3) is 0 Å². The molecule has 0 fully saturated rings. The van der Waals surface area contributed by atoms with Gasteiger partial charge in [0.15, 0.2) is 0 Å². The van der Waals surface area contributed by atoms with Gasteiger partial charge in [-0.05, 0) is 38.1 Å². The van der Waals surface area contributed by atoms with E-state index in [1.165, 1.54) is 0 Å². The molecule has 5 nitrogen and oxygen atoms in total. The van der Waals surface area contributed by atoms with E-state index < -0.39 is 0 Å². The number of nitrogens with two attached hydrogens (primary N) is 1. The van der Waals surface area contributed by atoms with Gasteiger partial charge in [0.2, 0.25) is 5.91 Å². The average Bonchev–Trinajstić information content (AvgIpc) is 2.39. The third-order valence-corrected chi connectivity index (χ3v) is 2.74. The Balaban J connectivity index is 2.22. The first-order valence-corrected chi connectivity index (χ1v) is 6.23. The van der Waals surface area contributed by atoms with Gasteiger partial charge in [-0.2, -0.15) is 0 Å². The largest absolute Gasteiger partial charge is 0.493 e. The molecule has 0 aliphatic carbocycles. The van der Waals surface area contributed by atoms with Gasteiger partial charge in [0, 0.05) is 19.3 Å². The number of nitrogens with one attached hydrogen (secondary N) is 1. The molecule has 0 unspecified atom stereocenters. The lowest BCUT2D eigenvalue weighted by molar-refractivity contribution is -0.122. The molecule has 5 heteroatoms. The second-order valence-corrected chi connectivity index (χ2v) is 4.91. The molecule has 0 saturated carbocycles. The minimum atomic E-state index is -0.354. The fourth-order valence-electron chi connectivity index (χ4n) is 1.30. The predicted molar refractivity (Wildman–Crippen MR) is 75.1 cm³/mol. The molecule has 0 aromatic heterocycles. The van der Waals surface area contributed by atoms with Crippen LogP contribution in [0.3, 0.4) is 0 Å². The minimum absolute atomic E-state index is 0.0550. The Morgan fingerprint density at radius 3 is 2.53 bits per heavy atom. The van der Waals surface area contributed by atoms with Gasteiger partial charge in [-0.1, -0.05) is 0 Å². The summed E-state index contributed by atoms with van der Waals surface area (Å²) in [6.07, 6.45) is 0.310. The first-order chi connectivity index (χ1) is 8.93. The molecule has 0 spiro atoms. The van der Waals surface area contributed by atoms with E-state index in [1.54, 1.807) is 31.4 Å². The van der Waals surface area contributed by atoms with Gasteiger partial charge in [-0.3, -0.25) is 4.79 Å². The van der Waals surface area contributed by atoms with E-state index in [2.05, 4.69) is 5.32 Å². The number of benzene rings is 1. The lowest BCUT2D eigenvalue weighted by Crippen LogP contribution is -2.40. The Kier molecular flexibility index (Phi) is 5.63. The zero-order valence-corrected chi connectivity index (χ0v) is 11.7. The summed E-state index contributed by atoms with van der Waals surface area (Å²) in [5.41, 5.74) is 5.90. The standard InChI is InChI=1S/C14H22N2O3/c1-14(2,18-3)10-16-13(17)8-9-19-12-6-4-11(15)5-7-12/h4-7H,8-10,15H2,1-3H3,(H,16,17). The van der Waals surface area contributed by atoms with Crippen LogP contribution in [-0.2, 0) is 9.53 Å². The van der Waals surface area contributed by atoms with Crippen molar-refractivity contribution in [1.29, 1.82) is 0 Å². The third kappa shape index (κ3) is 6.10. The first-order valence-electron chi connectivity index (χ1n) is 6.23. The van der Waals surface area contributed by atoms with Crippen LogP contribution in [0.1, 0.15) is 20.3 Å². The molecule has 0 saturated heterocycles. The summed E-state index contributed by atoms with van der Waals surface area (Å²) in [7, 11) is 1.62. The molecular formula is C14H22N2O3. The molecule has 19 heavy (non-hydrogen) atoms. The van der Waals surface area contributed by atoms with E-state index in [4.69, 9.17) is 15.2 Å². The van der Waals surface area contributed by atoms with Gasteiger partial charge in [0.1, 0.15) is 5.75 Å². The summed E-state index contributed by atoms with van der Waals surface area (Å²) in [5.74, 6) is 0.653. The first kappa shape index (κ1) is 15.3. The zero-order valence-electron chi connectivity index (χ0n) is 11.7. The van der Waals surface area contributed by atoms with Crippen molar-refractivity contribution in [3.05, 3.63) is 24.3 Å². The molecule has 1 aromatic rings. The van der Waals surface area contributed by atoms with Gasteiger partial charge in [0.05, 0.1) is 18.6 Å². The highest BCUT2D eigenvalue weighted by Gasteiger charge is 2.17. The van der Waals surface area contributed by atoms with Crippen molar-refractivity contribution in [1.82, 2.24) is 5.32 Å². The lowest BCUT2D eigenvalue weighted by Gasteiger charge is -2.23. The molecule has 0 aliphatic rings. The Bertz CT molecular complexity index is 402. The van der Waals surface area contributed by atoms with E-state index in [0.29, 0.717) is 31.0 Å². The Labute approximate surface area is 114 Å². The number of hydrogen-bond acceptors (Lipinski definition) is 4. The summed E-state index contributed by atoms with van der Waals surface area (Å²) in [5, 5.41) is 2.81. The van der Waals surface area contributed by atoms with Crippen molar-refractivity contribution < 1.29 is 14.3 Å². The smallest absolute Gasteiger partial charge is 0.223 e. The number of nitrogen functional groups attached to an aromatic ring is 1. The van der Waals surface area contributed by atoms with Crippen LogP contribution in [0.15, 0.2) is 24.3 Å². The van der Waals surface area contributed by atoms with E-state index in [1.807, 2.05) is 13.8 Å². The number of methoxy groups -OCH3 is 1. The van der Waals surface area contributed by atoms with E-state index >= 15 is 0 Å². The van der Waals surface area contributed by atoms with Crippen molar-refractivity contribution in [3.63, 3.8) is 0 Å². The molecule has 3 N–H and O–H groups in total. The number of carbonyl (C=O) groups excluding carboxylic acids is 1. The summed E-state index contributed by atoms with van der Waals surface area (Å²) in [6, 6.07) is 7.08. The van der Waals surface area contributed by atoms with E-state index in [9.17, 15) is 4.79 Å². The van der Waals surface area contributed by atoms with Gasteiger partial charge in [-0.15, -0.1) is 0 Å². The molecule has 0 radical (unpaired) electrons. The van der Waals surface area contributed by atoms with Crippen molar-refractivity contribution in [2.75, 3.05) is 26.0 Å².